The number of nitrogens with one attached hydrogen (secondary N) is 2. The molecule has 6 N–H and O–H groups in total. The third kappa shape index (κ3) is 3.04. The van der Waals surface area contributed by atoms with Crippen molar-refractivity contribution in [3.63, 3.8) is 0 Å². The number of fused-ring (bicyclic) bond motifs is 2. The van der Waals surface area contributed by atoms with Crippen LogP contribution in [0.25, 0.3) is 0 Å². The number of benzene rings is 2. The highest BCUT2D eigenvalue weighted by Gasteiger charge is 2.34. The highest BCUT2D eigenvalue weighted by Crippen LogP contribution is 2.36. The van der Waals surface area contributed by atoms with Crippen molar-refractivity contribution in [2.45, 2.75) is 13.3 Å². The molecule has 136 valence electrons. The summed E-state index contributed by atoms with van der Waals surface area (Å²) in [4.78, 5) is 27.5. The molecule has 0 saturated carbocycles. The molecule has 0 spiro atoms. The normalized spacial score (nSPS) is 13.9. The number of quaternary nitrogens is 1. The summed E-state index contributed by atoms with van der Waals surface area (Å²) in [7, 11) is 2.15. The second kappa shape index (κ2) is 7.17. The van der Waals surface area contributed by atoms with Crippen molar-refractivity contribution in [2.24, 2.45) is 0 Å². The van der Waals surface area contributed by atoms with E-state index in [9.17, 15) is 9.59 Å². The van der Waals surface area contributed by atoms with Gasteiger partial charge in [0.05, 0.1) is 36.8 Å². The van der Waals surface area contributed by atoms with Crippen molar-refractivity contribution in [3.8, 4) is 0 Å². The van der Waals surface area contributed by atoms with E-state index in [-0.39, 0.29) is 34.1 Å². The number of carbonyl (C=O) groups excluding carboxylic acids is 2. The number of hydrogen-bond acceptors (Lipinski definition) is 5. The molecule has 0 aromatic heterocycles. The van der Waals surface area contributed by atoms with Crippen LogP contribution in [0.15, 0.2) is 30.3 Å². The Morgan fingerprint density at radius 1 is 0.962 bits per heavy atom. The second-order valence-electron chi connectivity index (χ2n) is 6.72. The molecule has 0 fully saturated rings. The van der Waals surface area contributed by atoms with E-state index in [1.54, 1.807) is 24.3 Å². The molecule has 1 aliphatic carbocycles. The Morgan fingerprint density at radius 2 is 1.62 bits per heavy atom. The molecule has 6 nitrogen and oxygen atoms in total. The molecule has 0 aliphatic heterocycles. The average Bonchev–Trinajstić information content (AvgIpc) is 2.64. The van der Waals surface area contributed by atoms with Gasteiger partial charge in [0.25, 0.3) is 0 Å². The van der Waals surface area contributed by atoms with E-state index in [1.165, 1.54) is 4.90 Å². The Morgan fingerprint density at radius 3 is 2.27 bits per heavy atom. The predicted molar refractivity (Wildman–Crippen MR) is 104 cm³/mol. The van der Waals surface area contributed by atoms with Crippen LogP contribution in [-0.2, 0) is 0 Å². The van der Waals surface area contributed by atoms with E-state index in [0.717, 1.165) is 26.1 Å². The van der Waals surface area contributed by atoms with E-state index in [1.807, 2.05) is 6.07 Å². The topological polar surface area (TPSA) is 103 Å². The van der Waals surface area contributed by atoms with Gasteiger partial charge in [-0.25, -0.2) is 0 Å². The van der Waals surface area contributed by atoms with Gasteiger partial charge in [-0.2, -0.15) is 0 Å². The van der Waals surface area contributed by atoms with Crippen LogP contribution in [0.2, 0.25) is 0 Å². The first kappa shape index (κ1) is 17.9. The minimum Gasteiger partial charge on any atom is -0.398 e. The molecule has 0 saturated heterocycles. The van der Waals surface area contributed by atoms with Crippen molar-refractivity contribution in [1.29, 1.82) is 0 Å². The first-order valence-electron chi connectivity index (χ1n) is 8.91. The number of ketones is 2. The average molecular weight is 353 g/mol. The summed E-state index contributed by atoms with van der Waals surface area (Å²) >= 11 is 0. The number of nitrogen functional groups attached to an aromatic ring is 2. The molecule has 0 amide bonds. The van der Waals surface area contributed by atoms with Gasteiger partial charge < -0.3 is 21.7 Å². The summed E-state index contributed by atoms with van der Waals surface area (Å²) in [5.74, 6) is -0.503. The van der Waals surface area contributed by atoms with Crippen LogP contribution < -0.4 is 21.7 Å². The van der Waals surface area contributed by atoms with Gasteiger partial charge in [0.2, 0.25) is 0 Å². The Balaban J connectivity index is 1.93. The molecule has 0 radical (unpaired) electrons. The van der Waals surface area contributed by atoms with E-state index < -0.39 is 0 Å². The molecule has 26 heavy (non-hydrogen) atoms. The Hall–Kier alpha value is -2.86. The lowest BCUT2D eigenvalue weighted by Crippen LogP contribution is -3.08. The van der Waals surface area contributed by atoms with Crippen molar-refractivity contribution < 1.29 is 14.5 Å². The lowest BCUT2D eigenvalue weighted by Gasteiger charge is -2.23. The van der Waals surface area contributed by atoms with Crippen LogP contribution >= 0.6 is 0 Å². The fourth-order valence-corrected chi connectivity index (χ4v) is 3.31. The predicted octanol–water partition coefficient (Wildman–Crippen LogP) is 0.963. The van der Waals surface area contributed by atoms with Crippen LogP contribution in [-0.4, -0.2) is 38.2 Å². The fourth-order valence-electron chi connectivity index (χ4n) is 3.31. The summed E-state index contributed by atoms with van der Waals surface area (Å²) in [6.07, 6.45) is 0.969. The number of nitrogens with two attached hydrogens (primary N) is 2. The Labute approximate surface area is 153 Å². The third-order valence-electron chi connectivity index (χ3n) is 4.96. The third-order valence-corrected chi connectivity index (χ3v) is 4.96. The lowest BCUT2D eigenvalue weighted by atomic mass is 9.81. The van der Waals surface area contributed by atoms with Gasteiger partial charge in [-0.1, -0.05) is 12.1 Å². The van der Waals surface area contributed by atoms with Crippen molar-refractivity contribution >= 4 is 28.6 Å². The first-order chi connectivity index (χ1) is 12.5. The van der Waals surface area contributed by atoms with Crippen LogP contribution in [0.1, 0.15) is 45.2 Å². The first-order valence-corrected chi connectivity index (χ1v) is 8.91. The van der Waals surface area contributed by atoms with Crippen LogP contribution in [0.3, 0.4) is 0 Å². The zero-order valence-electron chi connectivity index (χ0n) is 15.2. The summed E-state index contributed by atoms with van der Waals surface area (Å²) in [5.41, 5.74) is 14.4. The van der Waals surface area contributed by atoms with Gasteiger partial charge >= 0.3 is 0 Å². The molecule has 0 heterocycles. The van der Waals surface area contributed by atoms with Crippen molar-refractivity contribution in [2.75, 3.05) is 43.5 Å². The molecule has 1 unspecified atom stereocenters. The van der Waals surface area contributed by atoms with Gasteiger partial charge in [-0.05, 0) is 25.1 Å². The van der Waals surface area contributed by atoms with Gasteiger partial charge in [0, 0.05) is 35.6 Å². The van der Waals surface area contributed by atoms with Crippen LogP contribution in [0.4, 0.5) is 17.1 Å². The highest BCUT2D eigenvalue weighted by atomic mass is 16.1. The molecule has 0 bridgehead atoms. The molecule has 3 rings (SSSR count). The summed E-state index contributed by atoms with van der Waals surface area (Å²) < 4.78 is 0. The maximum atomic E-state index is 13.1. The Bertz CT molecular complexity index is 876. The molecule has 1 aliphatic rings. The van der Waals surface area contributed by atoms with E-state index in [4.69, 9.17) is 11.5 Å². The summed E-state index contributed by atoms with van der Waals surface area (Å²) in [5, 5.41) is 3.31. The molecular formula is C20H25N4O2+. The number of rotatable bonds is 6. The van der Waals surface area contributed by atoms with Gasteiger partial charge in [-0.15, -0.1) is 0 Å². The summed E-state index contributed by atoms with van der Waals surface area (Å²) in [6, 6.07) is 8.42. The minimum atomic E-state index is -0.252. The number of hydrogen-bond donors (Lipinski definition) is 4. The number of anilines is 3. The van der Waals surface area contributed by atoms with E-state index in [0.29, 0.717) is 16.8 Å². The zero-order valence-corrected chi connectivity index (χ0v) is 15.2. The summed E-state index contributed by atoms with van der Waals surface area (Å²) in [6.45, 7) is 4.99. The van der Waals surface area contributed by atoms with Crippen LogP contribution in [0.5, 0.6) is 0 Å². The maximum Gasteiger partial charge on any atom is 0.198 e. The molecule has 2 aromatic carbocycles. The van der Waals surface area contributed by atoms with Crippen molar-refractivity contribution in [1.82, 2.24) is 0 Å². The highest BCUT2D eigenvalue weighted by molar-refractivity contribution is 6.33. The molecule has 1 atom stereocenters. The monoisotopic (exact) mass is 353 g/mol. The van der Waals surface area contributed by atoms with Crippen molar-refractivity contribution in [3.05, 3.63) is 52.6 Å². The fraction of sp³-hybridized carbons (Fsp3) is 0.300. The minimum absolute atomic E-state index is 0.215. The van der Waals surface area contributed by atoms with Gasteiger partial charge in [-0.3, -0.25) is 9.59 Å². The van der Waals surface area contributed by atoms with E-state index >= 15 is 0 Å². The van der Waals surface area contributed by atoms with E-state index in [2.05, 4.69) is 19.3 Å². The zero-order chi connectivity index (χ0) is 18.8. The lowest BCUT2D eigenvalue weighted by molar-refractivity contribution is -0.877. The molecule has 2 aromatic rings. The smallest absolute Gasteiger partial charge is 0.198 e. The standard InChI is InChI=1S/C20H24N4O2/c1-3-24(2)11-5-10-23-15-7-4-6-12-16(15)20(26)18-14(22)9-8-13(21)17(18)19(12)25/h4,6-9,23H,3,5,10-11,21-22H2,1-2H3/p+1. The Kier molecular flexibility index (Phi) is 4.95. The quantitative estimate of drug-likeness (QED) is 0.390. The molecular weight excluding hydrogens is 328 g/mol. The molecule has 6 heteroatoms. The maximum absolute atomic E-state index is 13.1. The second-order valence-corrected chi connectivity index (χ2v) is 6.72. The van der Waals surface area contributed by atoms with Gasteiger partial charge in [0.1, 0.15) is 0 Å². The largest absolute Gasteiger partial charge is 0.398 e. The van der Waals surface area contributed by atoms with Crippen LogP contribution in [0, 0.1) is 0 Å². The SMILES string of the molecule is CC[NH+](C)CCCNc1cccc2c1C(=O)c1c(N)ccc(N)c1C2=O. The number of carbonyl (C=O) groups is 2. The van der Waals surface area contributed by atoms with Gasteiger partial charge in [0.15, 0.2) is 11.6 Å².